The number of benzene rings is 1. The van der Waals surface area contributed by atoms with Crippen LogP contribution in [-0.4, -0.2) is 66.0 Å². The Morgan fingerprint density at radius 2 is 1.86 bits per heavy atom. The van der Waals surface area contributed by atoms with Gasteiger partial charge in [-0.1, -0.05) is 0 Å². The predicted octanol–water partition coefficient (Wildman–Crippen LogP) is 2.13. The second-order valence-electron chi connectivity index (χ2n) is 7.80. The van der Waals surface area contributed by atoms with Crippen molar-refractivity contribution >= 4 is 11.6 Å². The van der Waals surface area contributed by atoms with Crippen molar-refractivity contribution in [3.8, 4) is 0 Å². The van der Waals surface area contributed by atoms with Crippen LogP contribution in [0.3, 0.4) is 0 Å². The Bertz CT molecular complexity index is 790. The maximum atomic E-state index is 12.6. The highest BCUT2D eigenvalue weighted by atomic mass is 16.5. The highest BCUT2D eigenvalue weighted by Gasteiger charge is 2.21. The van der Waals surface area contributed by atoms with Crippen molar-refractivity contribution in [1.82, 2.24) is 20.0 Å². The van der Waals surface area contributed by atoms with Crippen molar-refractivity contribution in [2.24, 2.45) is 0 Å². The monoisotopic (exact) mass is 397 g/mol. The van der Waals surface area contributed by atoms with E-state index in [0.717, 1.165) is 44.6 Å². The predicted molar refractivity (Wildman–Crippen MR) is 113 cm³/mol. The summed E-state index contributed by atoms with van der Waals surface area (Å²) in [6.45, 7) is 8.58. The number of rotatable bonds is 6. The van der Waals surface area contributed by atoms with Crippen molar-refractivity contribution in [3.05, 3.63) is 47.8 Å². The number of ether oxygens (including phenoxy) is 1. The van der Waals surface area contributed by atoms with E-state index in [1.165, 1.54) is 11.3 Å². The smallest absolute Gasteiger partial charge is 0.254 e. The van der Waals surface area contributed by atoms with Gasteiger partial charge in [-0.05, 0) is 44.0 Å². The number of aryl methyl sites for hydroxylation is 1. The first-order valence-electron chi connectivity index (χ1n) is 10.7. The molecule has 2 fully saturated rings. The molecule has 0 saturated carbocycles. The summed E-state index contributed by atoms with van der Waals surface area (Å²) in [6.07, 6.45) is 6.31. The van der Waals surface area contributed by atoms with Gasteiger partial charge in [0.05, 0.1) is 19.4 Å². The lowest BCUT2D eigenvalue weighted by Gasteiger charge is -2.34. The Labute approximate surface area is 172 Å². The van der Waals surface area contributed by atoms with Gasteiger partial charge in [0.2, 0.25) is 0 Å². The van der Waals surface area contributed by atoms with Gasteiger partial charge >= 0.3 is 0 Å². The van der Waals surface area contributed by atoms with Crippen molar-refractivity contribution in [3.63, 3.8) is 0 Å². The number of morpholine rings is 1. The molecule has 29 heavy (non-hydrogen) atoms. The normalized spacial score (nSPS) is 18.2. The van der Waals surface area contributed by atoms with Crippen molar-refractivity contribution in [1.29, 1.82) is 0 Å². The molecular weight excluding hydrogens is 366 g/mol. The number of carbonyl (C=O) groups excluding carboxylic acids is 1. The minimum atomic E-state index is 0.106. The molecule has 0 unspecified atom stereocenters. The number of amides is 1. The number of nitrogens with one attached hydrogen (secondary N) is 1. The van der Waals surface area contributed by atoms with E-state index in [1.807, 2.05) is 27.9 Å². The Balaban J connectivity index is 1.25. The molecule has 1 aromatic heterocycles. The van der Waals surface area contributed by atoms with Crippen LogP contribution in [0.2, 0.25) is 0 Å². The molecule has 3 heterocycles. The summed E-state index contributed by atoms with van der Waals surface area (Å²) in [5.74, 6) is 0.106. The van der Waals surface area contributed by atoms with E-state index in [4.69, 9.17) is 4.74 Å². The largest absolute Gasteiger partial charge is 0.378 e. The third-order valence-electron chi connectivity index (χ3n) is 5.88. The number of anilines is 1. The minimum absolute atomic E-state index is 0.106. The molecule has 1 amide bonds. The molecule has 1 aromatic carbocycles. The molecule has 2 aliphatic heterocycles. The van der Waals surface area contributed by atoms with Crippen LogP contribution in [0.25, 0.3) is 0 Å². The van der Waals surface area contributed by atoms with Crippen LogP contribution >= 0.6 is 0 Å². The molecule has 156 valence electrons. The molecule has 1 N–H and O–H groups in total. The molecule has 0 spiro atoms. The quantitative estimate of drug-likeness (QED) is 0.809. The van der Waals surface area contributed by atoms with E-state index >= 15 is 0 Å². The second kappa shape index (κ2) is 9.41. The number of aromatic nitrogens is 2. The molecule has 0 radical (unpaired) electrons. The summed E-state index contributed by atoms with van der Waals surface area (Å²) in [4.78, 5) is 16.9. The molecule has 7 heteroatoms. The van der Waals surface area contributed by atoms with E-state index in [9.17, 15) is 4.79 Å². The van der Waals surface area contributed by atoms with Gasteiger partial charge in [-0.25, -0.2) is 0 Å². The summed E-state index contributed by atoms with van der Waals surface area (Å²) in [7, 11) is 0. The van der Waals surface area contributed by atoms with E-state index in [1.54, 1.807) is 0 Å². The average Bonchev–Trinajstić information content (AvgIpc) is 3.26. The van der Waals surface area contributed by atoms with E-state index in [-0.39, 0.29) is 5.91 Å². The van der Waals surface area contributed by atoms with E-state index in [0.29, 0.717) is 32.3 Å². The molecule has 2 aromatic rings. The Morgan fingerprint density at radius 1 is 1.14 bits per heavy atom. The van der Waals surface area contributed by atoms with Crippen LogP contribution in [-0.2, 0) is 17.8 Å². The Hall–Kier alpha value is -2.38. The Kier molecular flexibility index (Phi) is 6.46. The number of hydrogen-bond acceptors (Lipinski definition) is 5. The van der Waals surface area contributed by atoms with E-state index in [2.05, 4.69) is 40.6 Å². The van der Waals surface area contributed by atoms with Gasteiger partial charge in [0, 0.05) is 68.3 Å². The zero-order chi connectivity index (χ0) is 20.1. The molecule has 0 bridgehead atoms. The van der Waals surface area contributed by atoms with Crippen LogP contribution in [0.5, 0.6) is 0 Å². The van der Waals surface area contributed by atoms with Gasteiger partial charge in [0.15, 0.2) is 0 Å². The maximum absolute atomic E-state index is 12.6. The third-order valence-corrected chi connectivity index (χ3v) is 5.88. The first kappa shape index (κ1) is 19.9. The topological polar surface area (TPSA) is 62.6 Å². The first-order chi connectivity index (χ1) is 14.2. The minimum Gasteiger partial charge on any atom is -0.378 e. The maximum Gasteiger partial charge on any atom is 0.254 e. The lowest BCUT2D eigenvalue weighted by Crippen LogP contribution is -2.42. The summed E-state index contributed by atoms with van der Waals surface area (Å²) < 4.78 is 7.30. The van der Waals surface area contributed by atoms with Crippen LogP contribution in [0.15, 0.2) is 36.7 Å². The summed E-state index contributed by atoms with van der Waals surface area (Å²) in [5.41, 5.74) is 3.21. The highest BCUT2D eigenvalue weighted by molar-refractivity contribution is 5.94. The van der Waals surface area contributed by atoms with Crippen LogP contribution in [0.4, 0.5) is 5.69 Å². The Morgan fingerprint density at radius 3 is 2.52 bits per heavy atom. The van der Waals surface area contributed by atoms with Crippen LogP contribution in [0, 0.1) is 0 Å². The molecule has 0 atom stereocenters. The summed E-state index contributed by atoms with van der Waals surface area (Å²) >= 11 is 0. The van der Waals surface area contributed by atoms with Crippen molar-refractivity contribution in [2.75, 3.05) is 44.3 Å². The van der Waals surface area contributed by atoms with Crippen molar-refractivity contribution < 1.29 is 9.53 Å². The highest BCUT2D eigenvalue weighted by Crippen LogP contribution is 2.21. The molecule has 2 aliphatic rings. The fourth-order valence-corrected chi connectivity index (χ4v) is 4.04. The lowest BCUT2D eigenvalue weighted by molar-refractivity contribution is 0.0303. The van der Waals surface area contributed by atoms with Crippen molar-refractivity contribution in [2.45, 2.75) is 38.9 Å². The van der Waals surface area contributed by atoms with Gasteiger partial charge in [-0.15, -0.1) is 0 Å². The number of hydrogen-bond donors (Lipinski definition) is 1. The fourth-order valence-electron chi connectivity index (χ4n) is 4.04. The SMILES string of the molecule is CCn1cc(CNC2CCN(c3ccc(C(=O)N4CCOCC4)cc3)CC2)cn1. The summed E-state index contributed by atoms with van der Waals surface area (Å²) in [5, 5.41) is 8.00. The van der Waals surface area contributed by atoms with Crippen LogP contribution in [0.1, 0.15) is 35.7 Å². The number of nitrogens with zero attached hydrogens (tertiary/aromatic N) is 4. The van der Waals surface area contributed by atoms with Gasteiger partial charge in [0.25, 0.3) is 5.91 Å². The van der Waals surface area contributed by atoms with Gasteiger partial charge < -0.3 is 19.9 Å². The third kappa shape index (κ3) is 4.97. The van der Waals surface area contributed by atoms with Crippen LogP contribution < -0.4 is 10.2 Å². The zero-order valence-corrected chi connectivity index (χ0v) is 17.2. The van der Waals surface area contributed by atoms with Gasteiger partial charge in [-0.3, -0.25) is 9.48 Å². The average molecular weight is 398 g/mol. The molecule has 0 aliphatic carbocycles. The van der Waals surface area contributed by atoms with E-state index < -0.39 is 0 Å². The standard InChI is InChI=1S/C22H31N5O2/c1-2-27-17-18(16-24-27)15-23-20-7-9-25(10-8-20)21-5-3-19(4-6-21)22(28)26-11-13-29-14-12-26/h3-6,16-17,20,23H,2,7-15H2,1H3. The molecule has 2 saturated heterocycles. The lowest BCUT2D eigenvalue weighted by atomic mass is 10.0. The fraction of sp³-hybridized carbons (Fsp3) is 0.545. The molecular formula is C22H31N5O2. The summed E-state index contributed by atoms with van der Waals surface area (Å²) in [6, 6.07) is 8.63. The first-order valence-corrected chi connectivity index (χ1v) is 10.7. The number of piperidine rings is 1. The van der Waals surface area contributed by atoms with Gasteiger partial charge in [0.1, 0.15) is 0 Å². The molecule has 4 rings (SSSR count). The second-order valence-corrected chi connectivity index (χ2v) is 7.80. The van der Waals surface area contributed by atoms with Gasteiger partial charge in [-0.2, -0.15) is 5.10 Å². The number of carbonyl (C=O) groups is 1. The molecule has 7 nitrogen and oxygen atoms in total. The zero-order valence-electron chi connectivity index (χ0n) is 17.2.